The van der Waals surface area contributed by atoms with Crippen LogP contribution in [0.4, 0.5) is 0 Å². The molecule has 1 rings (SSSR count). The zero-order chi connectivity index (χ0) is 14.8. The molecule has 4 nitrogen and oxygen atoms in total. The van der Waals surface area contributed by atoms with Crippen LogP contribution in [-0.4, -0.2) is 32.1 Å². The van der Waals surface area contributed by atoms with E-state index in [1.54, 1.807) is 7.11 Å². The highest BCUT2D eigenvalue weighted by atomic mass is 16.5. The number of carbonyl (C=O) groups is 2. The zero-order valence-electron chi connectivity index (χ0n) is 12.1. The van der Waals surface area contributed by atoms with Crippen molar-refractivity contribution in [1.29, 1.82) is 0 Å². The van der Waals surface area contributed by atoms with Gasteiger partial charge in [-0.1, -0.05) is 30.3 Å². The number of hydrogen-bond acceptors (Lipinski definition) is 4. The topological polar surface area (TPSA) is 52.6 Å². The molecule has 0 aliphatic carbocycles. The van der Waals surface area contributed by atoms with E-state index in [9.17, 15) is 9.59 Å². The highest BCUT2D eigenvalue weighted by Crippen LogP contribution is 2.14. The van der Waals surface area contributed by atoms with Gasteiger partial charge in [-0.15, -0.1) is 0 Å². The van der Waals surface area contributed by atoms with E-state index in [-0.39, 0.29) is 24.4 Å². The number of hydrogen-bond donors (Lipinski definition) is 0. The van der Waals surface area contributed by atoms with E-state index in [0.29, 0.717) is 19.4 Å². The Labute approximate surface area is 120 Å². The van der Waals surface area contributed by atoms with E-state index < -0.39 is 0 Å². The minimum Gasteiger partial charge on any atom is -0.463 e. The minimum absolute atomic E-state index is 0.136. The minimum atomic E-state index is -0.288. The van der Waals surface area contributed by atoms with Crippen molar-refractivity contribution in [1.82, 2.24) is 0 Å². The number of esters is 1. The van der Waals surface area contributed by atoms with Crippen molar-refractivity contribution in [2.75, 3.05) is 13.7 Å². The smallest absolute Gasteiger partial charge is 0.308 e. The lowest BCUT2D eigenvalue weighted by molar-refractivity contribution is -0.150. The Morgan fingerprint density at radius 3 is 2.60 bits per heavy atom. The summed E-state index contributed by atoms with van der Waals surface area (Å²) in [6, 6.07) is 9.83. The molecule has 0 saturated heterocycles. The number of benzene rings is 1. The summed E-state index contributed by atoms with van der Waals surface area (Å²) in [4.78, 5) is 22.6. The second kappa shape index (κ2) is 9.26. The fourth-order valence-electron chi connectivity index (χ4n) is 2.05. The first-order chi connectivity index (χ1) is 9.65. The molecule has 1 aromatic carbocycles. The normalized spacial score (nSPS) is 13.5. The Kier molecular flexibility index (Phi) is 7.58. The Balaban J connectivity index is 2.39. The molecule has 0 saturated carbocycles. The van der Waals surface area contributed by atoms with Crippen molar-refractivity contribution in [3.05, 3.63) is 35.9 Å². The van der Waals surface area contributed by atoms with E-state index in [0.717, 1.165) is 11.8 Å². The molecule has 0 aliphatic heterocycles. The Hall–Kier alpha value is -1.68. The average molecular weight is 278 g/mol. The number of rotatable bonds is 9. The van der Waals surface area contributed by atoms with Crippen molar-refractivity contribution in [3.63, 3.8) is 0 Å². The molecule has 20 heavy (non-hydrogen) atoms. The molecule has 0 heterocycles. The van der Waals surface area contributed by atoms with Gasteiger partial charge in [0, 0.05) is 13.0 Å². The second-order valence-corrected chi connectivity index (χ2v) is 4.86. The first kappa shape index (κ1) is 16.4. The fourth-order valence-corrected chi connectivity index (χ4v) is 2.05. The summed E-state index contributed by atoms with van der Waals surface area (Å²) >= 11 is 0. The van der Waals surface area contributed by atoms with Gasteiger partial charge < -0.3 is 14.3 Å². The molecule has 110 valence electrons. The number of ether oxygens (including phenoxy) is 2. The first-order valence-electron chi connectivity index (χ1n) is 6.83. The van der Waals surface area contributed by atoms with Crippen LogP contribution in [-0.2, 0) is 25.5 Å². The van der Waals surface area contributed by atoms with Gasteiger partial charge in [0.2, 0.25) is 0 Å². The monoisotopic (exact) mass is 278 g/mol. The van der Waals surface area contributed by atoms with Crippen molar-refractivity contribution >= 4 is 12.3 Å². The molecular formula is C16H22O4. The third kappa shape index (κ3) is 6.48. The van der Waals surface area contributed by atoms with Crippen LogP contribution in [0.1, 0.15) is 25.3 Å². The van der Waals surface area contributed by atoms with Gasteiger partial charge in [0.1, 0.15) is 6.29 Å². The van der Waals surface area contributed by atoms with Crippen LogP contribution in [0.3, 0.4) is 0 Å². The highest BCUT2D eigenvalue weighted by molar-refractivity contribution is 5.69. The van der Waals surface area contributed by atoms with Crippen LogP contribution in [0.5, 0.6) is 0 Å². The molecule has 0 spiro atoms. The molecule has 0 amide bonds. The Morgan fingerprint density at radius 1 is 1.30 bits per heavy atom. The maximum atomic E-state index is 11.4. The third-order valence-corrected chi connectivity index (χ3v) is 3.01. The molecule has 0 N–H and O–H groups in total. The standard InChI is InChI=1S/C16H22O4/c1-13(20-16(18)8-9-19-2)10-15(12-17)11-14-6-4-3-5-7-14/h3-7,12-13,15H,8-11H2,1-2H3/t13-,15-/m0/s1. The molecule has 0 fully saturated rings. The van der Waals surface area contributed by atoms with Gasteiger partial charge in [0.15, 0.2) is 0 Å². The van der Waals surface area contributed by atoms with Crippen LogP contribution in [0.25, 0.3) is 0 Å². The molecule has 1 aromatic rings. The van der Waals surface area contributed by atoms with E-state index in [4.69, 9.17) is 9.47 Å². The summed E-state index contributed by atoms with van der Waals surface area (Å²) in [5.74, 6) is -0.425. The lowest BCUT2D eigenvalue weighted by Gasteiger charge is -2.17. The van der Waals surface area contributed by atoms with E-state index in [1.807, 2.05) is 37.3 Å². The molecular weight excluding hydrogens is 256 g/mol. The van der Waals surface area contributed by atoms with E-state index in [1.165, 1.54) is 0 Å². The predicted molar refractivity (Wildman–Crippen MR) is 76.4 cm³/mol. The predicted octanol–water partition coefficient (Wildman–Crippen LogP) is 2.40. The Morgan fingerprint density at radius 2 is 2.00 bits per heavy atom. The van der Waals surface area contributed by atoms with Gasteiger partial charge in [-0.05, 0) is 25.3 Å². The maximum absolute atomic E-state index is 11.4. The number of aldehydes is 1. The van der Waals surface area contributed by atoms with Crippen molar-refractivity contribution in [2.24, 2.45) is 5.92 Å². The molecule has 0 aromatic heterocycles. The van der Waals surface area contributed by atoms with Gasteiger partial charge >= 0.3 is 5.97 Å². The van der Waals surface area contributed by atoms with Crippen molar-refractivity contribution in [3.8, 4) is 0 Å². The number of carbonyl (C=O) groups excluding carboxylic acids is 2. The summed E-state index contributed by atoms with van der Waals surface area (Å²) in [6.45, 7) is 2.17. The van der Waals surface area contributed by atoms with E-state index >= 15 is 0 Å². The second-order valence-electron chi connectivity index (χ2n) is 4.86. The van der Waals surface area contributed by atoms with Crippen molar-refractivity contribution < 1.29 is 19.1 Å². The summed E-state index contributed by atoms with van der Waals surface area (Å²) in [5, 5.41) is 0. The zero-order valence-corrected chi connectivity index (χ0v) is 12.1. The van der Waals surface area contributed by atoms with Crippen LogP contribution in [0.15, 0.2) is 30.3 Å². The first-order valence-corrected chi connectivity index (χ1v) is 6.83. The van der Waals surface area contributed by atoms with Crippen LogP contribution in [0, 0.1) is 5.92 Å². The molecule has 4 heteroatoms. The molecule has 0 radical (unpaired) electrons. The van der Waals surface area contributed by atoms with Crippen LogP contribution >= 0.6 is 0 Å². The Bertz CT molecular complexity index is 402. The highest BCUT2D eigenvalue weighted by Gasteiger charge is 2.16. The summed E-state index contributed by atoms with van der Waals surface area (Å²) in [6.07, 6.45) is 2.12. The van der Waals surface area contributed by atoms with Crippen LogP contribution < -0.4 is 0 Å². The van der Waals surface area contributed by atoms with Gasteiger partial charge in [-0.3, -0.25) is 4.79 Å². The quantitative estimate of drug-likeness (QED) is 0.514. The molecule has 0 bridgehead atoms. The molecule has 2 atom stereocenters. The number of methoxy groups -OCH3 is 1. The molecule has 0 aliphatic rings. The summed E-state index contributed by atoms with van der Waals surface area (Å²) < 4.78 is 10.1. The third-order valence-electron chi connectivity index (χ3n) is 3.01. The molecule has 0 unspecified atom stereocenters. The van der Waals surface area contributed by atoms with Crippen molar-refractivity contribution in [2.45, 2.75) is 32.3 Å². The summed E-state index contributed by atoms with van der Waals surface area (Å²) in [7, 11) is 1.54. The largest absolute Gasteiger partial charge is 0.463 e. The van der Waals surface area contributed by atoms with Gasteiger partial charge in [-0.2, -0.15) is 0 Å². The maximum Gasteiger partial charge on any atom is 0.308 e. The van der Waals surface area contributed by atoms with Gasteiger partial charge in [-0.25, -0.2) is 0 Å². The summed E-state index contributed by atoms with van der Waals surface area (Å²) in [5.41, 5.74) is 1.11. The SMILES string of the molecule is COCCC(=O)O[C@@H](C)C[C@H](C=O)Cc1ccccc1. The average Bonchev–Trinajstić information content (AvgIpc) is 2.45. The van der Waals surface area contributed by atoms with E-state index in [2.05, 4.69) is 0 Å². The van der Waals surface area contributed by atoms with Gasteiger partial charge in [0.05, 0.1) is 19.1 Å². The van der Waals surface area contributed by atoms with Gasteiger partial charge in [0.25, 0.3) is 0 Å². The lowest BCUT2D eigenvalue weighted by Crippen LogP contribution is -2.21. The fraction of sp³-hybridized carbons (Fsp3) is 0.500. The van der Waals surface area contributed by atoms with Crippen LogP contribution in [0.2, 0.25) is 0 Å². The lowest BCUT2D eigenvalue weighted by atomic mass is 9.95.